The summed E-state index contributed by atoms with van der Waals surface area (Å²) in [5.74, 6) is -0.733. The highest BCUT2D eigenvalue weighted by molar-refractivity contribution is 6.43. The molecule has 0 bridgehead atoms. The lowest BCUT2D eigenvalue weighted by Crippen LogP contribution is -2.51. The standard InChI is InChI=1S/C21H24Cl2N4O3/c1-11-15(13-4-3-5-14(22)16(13)23)17(19(28)29)26-20(25-11)27-8-6-21(7-9-27)10-30-12(2)18(21)24/h3-5,12,18H,6-10,24H2,1-2H3,(H,28,29)/t12-,18+/m0/s1. The number of carboxylic acids is 1. The van der Waals surface area contributed by atoms with Crippen molar-refractivity contribution < 1.29 is 14.6 Å². The van der Waals surface area contributed by atoms with Gasteiger partial charge in [-0.15, -0.1) is 0 Å². The fraction of sp³-hybridized carbons (Fsp3) is 0.476. The molecule has 2 aliphatic heterocycles. The molecule has 2 aliphatic rings. The first-order valence-corrected chi connectivity index (χ1v) is 10.7. The minimum atomic E-state index is -1.14. The van der Waals surface area contributed by atoms with Gasteiger partial charge >= 0.3 is 5.97 Å². The van der Waals surface area contributed by atoms with Crippen molar-refractivity contribution in [1.29, 1.82) is 0 Å². The summed E-state index contributed by atoms with van der Waals surface area (Å²) in [5.41, 5.74) is 7.70. The minimum Gasteiger partial charge on any atom is -0.476 e. The zero-order chi connectivity index (χ0) is 21.6. The van der Waals surface area contributed by atoms with E-state index >= 15 is 0 Å². The van der Waals surface area contributed by atoms with E-state index in [1.165, 1.54) is 0 Å². The van der Waals surface area contributed by atoms with Crippen LogP contribution in [0.15, 0.2) is 18.2 Å². The van der Waals surface area contributed by atoms with Crippen molar-refractivity contribution in [1.82, 2.24) is 9.97 Å². The van der Waals surface area contributed by atoms with Crippen LogP contribution in [0.1, 0.15) is 35.9 Å². The van der Waals surface area contributed by atoms with Crippen LogP contribution >= 0.6 is 23.2 Å². The topological polar surface area (TPSA) is 102 Å². The van der Waals surface area contributed by atoms with Crippen molar-refractivity contribution in [3.05, 3.63) is 39.6 Å². The zero-order valence-electron chi connectivity index (χ0n) is 16.9. The molecule has 0 amide bonds. The molecule has 4 rings (SSSR count). The summed E-state index contributed by atoms with van der Waals surface area (Å²) < 4.78 is 5.78. The summed E-state index contributed by atoms with van der Waals surface area (Å²) in [5, 5.41) is 10.5. The minimum absolute atomic E-state index is 0.00392. The van der Waals surface area contributed by atoms with Crippen LogP contribution in [0.4, 0.5) is 5.95 Å². The predicted octanol–water partition coefficient (Wildman–Crippen LogP) is 3.79. The van der Waals surface area contributed by atoms with E-state index in [-0.39, 0.29) is 28.3 Å². The molecule has 2 saturated heterocycles. The van der Waals surface area contributed by atoms with Crippen molar-refractivity contribution in [2.75, 3.05) is 24.6 Å². The Morgan fingerprint density at radius 1 is 1.30 bits per heavy atom. The van der Waals surface area contributed by atoms with E-state index in [1.54, 1.807) is 25.1 Å². The highest BCUT2D eigenvalue weighted by Crippen LogP contribution is 2.42. The van der Waals surface area contributed by atoms with E-state index < -0.39 is 5.97 Å². The maximum absolute atomic E-state index is 12.0. The van der Waals surface area contributed by atoms with Crippen molar-refractivity contribution >= 4 is 35.1 Å². The average Bonchev–Trinajstić information content (AvgIpc) is 2.99. The Balaban J connectivity index is 1.67. The highest BCUT2D eigenvalue weighted by atomic mass is 35.5. The van der Waals surface area contributed by atoms with Gasteiger partial charge in [-0.3, -0.25) is 0 Å². The molecular weight excluding hydrogens is 427 g/mol. The molecule has 1 aromatic carbocycles. The Bertz CT molecular complexity index is 992. The van der Waals surface area contributed by atoms with E-state index in [4.69, 9.17) is 33.7 Å². The third-order valence-electron chi connectivity index (χ3n) is 6.39. The van der Waals surface area contributed by atoms with E-state index in [0.717, 1.165) is 12.8 Å². The molecule has 7 nitrogen and oxygen atoms in total. The van der Waals surface area contributed by atoms with Crippen LogP contribution in [0.3, 0.4) is 0 Å². The van der Waals surface area contributed by atoms with Gasteiger partial charge in [-0.2, -0.15) is 0 Å². The number of aromatic carboxylic acids is 1. The molecular formula is C21H24Cl2N4O3. The van der Waals surface area contributed by atoms with E-state index in [2.05, 4.69) is 9.97 Å². The number of hydrogen-bond acceptors (Lipinski definition) is 6. The molecule has 3 heterocycles. The first-order chi connectivity index (χ1) is 14.2. The third-order valence-corrected chi connectivity index (χ3v) is 7.21. The summed E-state index contributed by atoms with van der Waals surface area (Å²) in [7, 11) is 0. The van der Waals surface area contributed by atoms with Gasteiger partial charge in [0, 0.05) is 35.7 Å². The van der Waals surface area contributed by atoms with E-state index in [1.807, 2.05) is 11.8 Å². The van der Waals surface area contributed by atoms with Crippen molar-refractivity contribution in [2.24, 2.45) is 11.1 Å². The monoisotopic (exact) mass is 450 g/mol. The van der Waals surface area contributed by atoms with Gasteiger partial charge in [0.1, 0.15) is 0 Å². The Morgan fingerprint density at radius 3 is 2.60 bits per heavy atom. The van der Waals surface area contributed by atoms with Crippen molar-refractivity contribution in [2.45, 2.75) is 38.8 Å². The van der Waals surface area contributed by atoms with Crippen LogP contribution < -0.4 is 10.6 Å². The number of anilines is 1. The van der Waals surface area contributed by atoms with Crippen LogP contribution in [0.5, 0.6) is 0 Å². The van der Waals surface area contributed by atoms with Gasteiger partial charge in [0.25, 0.3) is 0 Å². The molecule has 2 fully saturated rings. The SMILES string of the molecule is Cc1nc(N2CCC3(CC2)CO[C@@H](C)[C@H]3N)nc(C(=O)O)c1-c1cccc(Cl)c1Cl. The molecule has 0 saturated carbocycles. The molecule has 30 heavy (non-hydrogen) atoms. The molecule has 3 N–H and O–H groups in total. The molecule has 9 heteroatoms. The fourth-order valence-electron chi connectivity index (χ4n) is 4.50. The maximum Gasteiger partial charge on any atom is 0.355 e. The lowest BCUT2D eigenvalue weighted by molar-refractivity contribution is 0.0691. The van der Waals surface area contributed by atoms with Gasteiger partial charge in [-0.05, 0) is 32.8 Å². The first-order valence-electron chi connectivity index (χ1n) is 9.92. The van der Waals surface area contributed by atoms with Crippen LogP contribution in [-0.4, -0.2) is 52.9 Å². The maximum atomic E-state index is 12.0. The number of carbonyl (C=O) groups is 1. The molecule has 2 atom stereocenters. The van der Waals surface area contributed by atoms with Crippen LogP contribution in [-0.2, 0) is 4.74 Å². The summed E-state index contributed by atoms with van der Waals surface area (Å²) in [4.78, 5) is 23.1. The molecule has 2 aromatic rings. The molecule has 0 unspecified atom stereocenters. The number of halogens is 2. The molecule has 0 radical (unpaired) electrons. The highest BCUT2D eigenvalue weighted by Gasteiger charge is 2.47. The number of hydrogen-bond donors (Lipinski definition) is 2. The van der Waals surface area contributed by atoms with Crippen LogP contribution in [0, 0.1) is 12.3 Å². The lowest BCUT2D eigenvalue weighted by atomic mass is 9.73. The Kier molecular flexibility index (Phi) is 5.66. The largest absolute Gasteiger partial charge is 0.476 e. The third kappa shape index (κ3) is 3.54. The number of nitrogens with zero attached hydrogens (tertiary/aromatic N) is 3. The van der Waals surface area contributed by atoms with E-state index in [9.17, 15) is 9.90 Å². The smallest absolute Gasteiger partial charge is 0.355 e. The van der Waals surface area contributed by atoms with Gasteiger partial charge in [0.2, 0.25) is 5.95 Å². The van der Waals surface area contributed by atoms with Gasteiger partial charge in [-0.25, -0.2) is 14.8 Å². The van der Waals surface area contributed by atoms with Gasteiger partial charge < -0.3 is 20.5 Å². The first kappa shape index (κ1) is 21.3. The number of ether oxygens (including phenoxy) is 1. The number of aryl methyl sites for hydroxylation is 1. The quantitative estimate of drug-likeness (QED) is 0.732. The van der Waals surface area contributed by atoms with Crippen LogP contribution in [0.25, 0.3) is 11.1 Å². The fourth-order valence-corrected chi connectivity index (χ4v) is 4.89. The summed E-state index contributed by atoms with van der Waals surface area (Å²) in [6, 6.07) is 5.10. The number of piperidine rings is 1. The summed E-state index contributed by atoms with van der Waals surface area (Å²) >= 11 is 12.5. The lowest BCUT2D eigenvalue weighted by Gasteiger charge is -2.41. The number of carboxylic acid groups (broad SMARTS) is 1. The molecule has 1 spiro atoms. The number of benzene rings is 1. The summed E-state index contributed by atoms with van der Waals surface area (Å²) in [6.07, 6.45) is 1.76. The Labute approximate surface area is 185 Å². The molecule has 1 aromatic heterocycles. The number of rotatable bonds is 3. The van der Waals surface area contributed by atoms with Gasteiger partial charge in [0.15, 0.2) is 5.69 Å². The summed E-state index contributed by atoms with van der Waals surface area (Å²) in [6.45, 7) is 5.82. The Hall–Kier alpha value is -1.93. The predicted molar refractivity (Wildman–Crippen MR) is 116 cm³/mol. The second-order valence-corrected chi connectivity index (χ2v) is 8.92. The van der Waals surface area contributed by atoms with Gasteiger partial charge in [-0.1, -0.05) is 35.3 Å². The molecule has 0 aliphatic carbocycles. The second kappa shape index (κ2) is 7.96. The average molecular weight is 451 g/mol. The van der Waals surface area contributed by atoms with E-state index in [0.29, 0.717) is 47.5 Å². The van der Waals surface area contributed by atoms with Gasteiger partial charge in [0.05, 0.1) is 28.5 Å². The normalized spacial score (nSPS) is 23.2. The van der Waals surface area contributed by atoms with Crippen LogP contribution in [0.2, 0.25) is 10.0 Å². The zero-order valence-corrected chi connectivity index (χ0v) is 18.4. The number of nitrogens with two attached hydrogens (primary N) is 1. The number of aromatic nitrogens is 2. The second-order valence-electron chi connectivity index (χ2n) is 8.13. The Morgan fingerprint density at radius 2 is 2.00 bits per heavy atom. The molecule has 160 valence electrons. The van der Waals surface area contributed by atoms with Crippen molar-refractivity contribution in [3.8, 4) is 11.1 Å². The van der Waals surface area contributed by atoms with Crippen molar-refractivity contribution in [3.63, 3.8) is 0 Å².